The highest BCUT2D eigenvalue weighted by Gasteiger charge is 2.15. The molecule has 1 amide bonds. The summed E-state index contributed by atoms with van der Waals surface area (Å²) in [6.45, 7) is 8.14. The molecule has 3 N–H and O–H groups in total. The van der Waals surface area contributed by atoms with Gasteiger partial charge < -0.3 is 11.1 Å². The highest BCUT2D eigenvalue weighted by molar-refractivity contribution is 5.94. The van der Waals surface area contributed by atoms with E-state index in [1.165, 1.54) is 0 Å². The molecule has 17 heavy (non-hydrogen) atoms. The predicted octanol–water partition coefficient (Wildman–Crippen LogP) is 2.62. The first-order valence-corrected chi connectivity index (χ1v) is 6.03. The van der Waals surface area contributed by atoms with E-state index in [4.69, 9.17) is 5.73 Å². The van der Waals surface area contributed by atoms with Crippen molar-refractivity contribution in [3.63, 3.8) is 0 Å². The van der Waals surface area contributed by atoms with Gasteiger partial charge in [0, 0.05) is 5.69 Å². The fourth-order valence-electron chi connectivity index (χ4n) is 1.90. The Morgan fingerprint density at radius 2 is 1.76 bits per heavy atom. The highest BCUT2D eigenvalue weighted by atomic mass is 16.2. The third-order valence-electron chi connectivity index (χ3n) is 2.55. The lowest BCUT2D eigenvalue weighted by atomic mass is 10.0. The van der Waals surface area contributed by atoms with Crippen LogP contribution >= 0.6 is 0 Å². The molecule has 0 aliphatic rings. The number of aryl methyl sites for hydroxylation is 2. The monoisotopic (exact) mass is 234 g/mol. The summed E-state index contributed by atoms with van der Waals surface area (Å²) in [6, 6.07) is 5.54. The minimum Gasteiger partial charge on any atom is -0.325 e. The van der Waals surface area contributed by atoms with Crippen molar-refractivity contribution in [1.82, 2.24) is 0 Å². The molecule has 0 saturated carbocycles. The number of anilines is 1. The van der Waals surface area contributed by atoms with Crippen molar-refractivity contribution < 1.29 is 4.79 Å². The zero-order chi connectivity index (χ0) is 13.0. The number of nitrogens with two attached hydrogens (primary N) is 1. The number of rotatable bonds is 4. The van der Waals surface area contributed by atoms with Crippen LogP contribution in [0.25, 0.3) is 0 Å². The molecule has 3 nitrogen and oxygen atoms in total. The molecule has 1 aromatic rings. The van der Waals surface area contributed by atoms with Crippen LogP contribution in [0.15, 0.2) is 18.2 Å². The first-order chi connectivity index (χ1) is 7.88. The number of hydrogen-bond acceptors (Lipinski definition) is 2. The standard InChI is InChI=1S/C14H22N2O/c1-9(2)5-13(15)14(17)16-12-7-10(3)6-11(4)8-12/h6-9,13H,5,15H2,1-4H3,(H,16,17)/t13-/m1/s1. The van der Waals surface area contributed by atoms with E-state index in [1.54, 1.807) is 0 Å². The van der Waals surface area contributed by atoms with Gasteiger partial charge >= 0.3 is 0 Å². The molecule has 0 aromatic heterocycles. The normalized spacial score (nSPS) is 12.6. The molecule has 0 heterocycles. The minimum absolute atomic E-state index is 0.108. The molecule has 0 unspecified atom stereocenters. The smallest absolute Gasteiger partial charge is 0.241 e. The summed E-state index contributed by atoms with van der Waals surface area (Å²) in [5.74, 6) is 0.318. The molecular formula is C14H22N2O. The van der Waals surface area contributed by atoms with Gasteiger partial charge in [-0.2, -0.15) is 0 Å². The summed E-state index contributed by atoms with van der Waals surface area (Å²) in [4.78, 5) is 11.8. The van der Waals surface area contributed by atoms with Gasteiger partial charge in [0.05, 0.1) is 6.04 Å². The van der Waals surface area contributed by atoms with Gasteiger partial charge in [0.25, 0.3) is 0 Å². The van der Waals surface area contributed by atoms with Crippen molar-refractivity contribution in [3.8, 4) is 0 Å². The van der Waals surface area contributed by atoms with Crippen LogP contribution < -0.4 is 11.1 Å². The maximum atomic E-state index is 11.8. The van der Waals surface area contributed by atoms with Crippen molar-refractivity contribution in [2.45, 2.75) is 40.2 Å². The van der Waals surface area contributed by atoms with Crippen LogP contribution in [0, 0.1) is 19.8 Å². The Morgan fingerprint density at radius 3 is 2.24 bits per heavy atom. The van der Waals surface area contributed by atoms with Crippen molar-refractivity contribution in [3.05, 3.63) is 29.3 Å². The predicted molar refractivity (Wildman–Crippen MR) is 72.0 cm³/mol. The lowest BCUT2D eigenvalue weighted by molar-refractivity contribution is -0.117. The van der Waals surface area contributed by atoms with Gasteiger partial charge in [0.15, 0.2) is 0 Å². The van der Waals surface area contributed by atoms with Crippen LogP contribution in [0.2, 0.25) is 0 Å². The number of nitrogens with one attached hydrogen (secondary N) is 1. The summed E-state index contributed by atoms with van der Waals surface area (Å²) in [6.07, 6.45) is 0.705. The molecule has 1 aromatic carbocycles. The van der Waals surface area contributed by atoms with E-state index in [-0.39, 0.29) is 5.91 Å². The van der Waals surface area contributed by atoms with E-state index in [1.807, 2.05) is 26.0 Å². The molecule has 1 rings (SSSR count). The van der Waals surface area contributed by atoms with Crippen LogP contribution in [-0.4, -0.2) is 11.9 Å². The topological polar surface area (TPSA) is 55.1 Å². The van der Waals surface area contributed by atoms with Crippen molar-refractivity contribution >= 4 is 11.6 Å². The maximum Gasteiger partial charge on any atom is 0.241 e. The third kappa shape index (κ3) is 4.57. The van der Waals surface area contributed by atoms with Crippen molar-refractivity contribution in [2.75, 3.05) is 5.32 Å². The highest BCUT2D eigenvalue weighted by Crippen LogP contribution is 2.14. The fourth-order valence-corrected chi connectivity index (χ4v) is 1.90. The number of hydrogen-bond donors (Lipinski definition) is 2. The van der Waals surface area contributed by atoms with E-state index in [2.05, 4.69) is 25.2 Å². The second kappa shape index (κ2) is 5.82. The van der Waals surface area contributed by atoms with Crippen LogP contribution in [-0.2, 0) is 4.79 Å². The maximum absolute atomic E-state index is 11.8. The Labute approximate surface area is 103 Å². The zero-order valence-electron chi connectivity index (χ0n) is 11.1. The number of benzene rings is 1. The van der Waals surface area contributed by atoms with Gasteiger partial charge in [-0.25, -0.2) is 0 Å². The first-order valence-electron chi connectivity index (χ1n) is 6.03. The number of amides is 1. The summed E-state index contributed by atoms with van der Waals surface area (Å²) in [7, 11) is 0. The molecule has 0 aliphatic heterocycles. The van der Waals surface area contributed by atoms with Crippen LogP contribution in [0.1, 0.15) is 31.4 Å². The fraction of sp³-hybridized carbons (Fsp3) is 0.500. The van der Waals surface area contributed by atoms with Crippen molar-refractivity contribution in [1.29, 1.82) is 0 Å². The second-order valence-electron chi connectivity index (χ2n) is 5.10. The molecule has 0 spiro atoms. The molecule has 1 atom stereocenters. The second-order valence-corrected chi connectivity index (χ2v) is 5.10. The molecule has 0 saturated heterocycles. The third-order valence-corrected chi connectivity index (χ3v) is 2.55. The van der Waals surface area contributed by atoms with Gasteiger partial charge in [-0.05, 0) is 49.4 Å². The average Bonchev–Trinajstić information content (AvgIpc) is 2.14. The first kappa shape index (κ1) is 13.7. The minimum atomic E-state index is -0.434. The van der Waals surface area contributed by atoms with Crippen LogP contribution in [0.3, 0.4) is 0 Å². The largest absolute Gasteiger partial charge is 0.325 e. The molecule has 0 radical (unpaired) electrons. The number of carbonyl (C=O) groups excluding carboxylic acids is 1. The van der Waals surface area contributed by atoms with Gasteiger partial charge in [0.2, 0.25) is 5.91 Å². The van der Waals surface area contributed by atoms with Gasteiger partial charge in [0.1, 0.15) is 0 Å². The molecule has 0 bridgehead atoms. The van der Waals surface area contributed by atoms with E-state index < -0.39 is 6.04 Å². The van der Waals surface area contributed by atoms with E-state index in [0.29, 0.717) is 12.3 Å². The molecule has 0 fully saturated rings. The molecule has 94 valence electrons. The molecular weight excluding hydrogens is 212 g/mol. The van der Waals surface area contributed by atoms with E-state index in [9.17, 15) is 4.79 Å². The van der Waals surface area contributed by atoms with E-state index >= 15 is 0 Å². The van der Waals surface area contributed by atoms with Gasteiger partial charge in [-0.15, -0.1) is 0 Å². The Bertz CT molecular complexity index is 379. The Hall–Kier alpha value is -1.35. The van der Waals surface area contributed by atoms with Gasteiger partial charge in [-0.1, -0.05) is 19.9 Å². The van der Waals surface area contributed by atoms with Crippen LogP contribution in [0.4, 0.5) is 5.69 Å². The Morgan fingerprint density at radius 1 is 1.24 bits per heavy atom. The van der Waals surface area contributed by atoms with Crippen molar-refractivity contribution in [2.24, 2.45) is 11.7 Å². The molecule has 0 aliphatic carbocycles. The Balaban J connectivity index is 2.67. The lowest BCUT2D eigenvalue weighted by Gasteiger charge is -2.14. The lowest BCUT2D eigenvalue weighted by Crippen LogP contribution is -2.36. The Kier molecular flexibility index (Phi) is 4.70. The summed E-state index contributed by atoms with van der Waals surface area (Å²) in [5.41, 5.74) is 8.93. The zero-order valence-corrected chi connectivity index (χ0v) is 11.1. The summed E-state index contributed by atoms with van der Waals surface area (Å²) in [5, 5.41) is 2.86. The number of carbonyl (C=O) groups is 1. The van der Waals surface area contributed by atoms with Crippen LogP contribution in [0.5, 0.6) is 0 Å². The quantitative estimate of drug-likeness (QED) is 0.841. The summed E-state index contributed by atoms with van der Waals surface area (Å²) < 4.78 is 0. The van der Waals surface area contributed by atoms with Gasteiger partial charge in [-0.3, -0.25) is 4.79 Å². The summed E-state index contributed by atoms with van der Waals surface area (Å²) >= 11 is 0. The average molecular weight is 234 g/mol. The van der Waals surface area contributed by atoms with E-state index in [0.717, 1.165) is 16.8 Å². The SMILES string of the molecule is Cc1cc(C)cc(NC(=O)[C@H](N)CC(C)C)c1. The molecule has 3 heteroatoms.